The summed E-state index contributed by atoms with van der Waals surface area (Å²) in [5, 5.41) is 4.95. The highest BCUT2D eigenvalue weighted by molar-refractivity contribution is 6.30. The fourth-order valence-electron chi connectivity index (χ4n) is 2.58. The van der Waals surface area contributed by atoms with Crippen LogP contribution in [0.4, 0.5) is 0 Å². The van der Waals surface area contributed by atoms with Crippen LogP contribution < -0.4 is 0 Å². The molecule has 0 bridgehead atoms. The average Bonchev–Trinajstić information content (AvgIpc) is 2.91. The lowest BCUT2D eigenvalue weighted by atomic mass is 10.2. The molecule has 1 aliphatic rings. The number of ether oxygens (including phenoxy) is 1. The molecule has 106 valence electrons. The summed E-state index contributed by atoms with van der Waals surface area (Å²) < 4.78 is 6.79. The topological polar surface area (TPSA) is 47.4 Å². The van der Waals surface area contributed by atoms with Crippen LogP contribution in [0, 0.1) is 6.92 Å². The second kappa shape index (κ2) is 5.92. The van der Waals surface area contributed by atoms with Crippen molar-refractivity contribution in [3.63, 3.8) is 0 Å². The Labute approximate surface area is 118 Å². The number of esters is 1. The van der Waals surface area contributed by atoms with Gasteiger partial charge in [0.25, 0.3) is 0 Å². The molecule has 19 heavy (non-hydrogen) atoms. The van der Waals surface area contributed by atoms with Crippen LogP contribution in [0.1, 0.15) is 31.0 Å². The Bertz CT molecular complexity index is 473. The molecule has 0 saturated carbocycles. The highest BCUT2D eigenvalue weighted by atomic mass is 35.5. The van der Waals surface area contributed by atoms with Gasteiger partial charge in [-0.05, 0) is 33.2 Å². The van der Waals surface area contributed by atoms with E-state index >= 15 is 0 Å². The van der Waals surface area contributed by atoms with Crippen molar-refractivity contribution >= 4 is 17.6 Å². The van der Waals surface area contributed by atoms with E-state index in [-0.39, 0.29) is 12.0 Å². The quantitative estimate of drug-likeness (QED) is 0.793. The predicted octanol–water partition coefficient (Wildman–Crippen LogP) is 1.91. The van der Waals surface area contributed by atoms with Crippen molar-refractivity contribution in [2.45, 2.75) is 39.3 Å². The first-order valence-electron chi connectivity index (χ1n) is 6.63. The van der Waals surface area contributed by atoms with E-state index in [4.69, 9.17) is 16.3 Å². The lowest BCUT2D eigenvalue weighted by Gasteiger charge is -2.22. The average molecular weight is 286 g/mol. The van der Waals surface area contributed by atoms with Crippen molar-refractivity contribution in [3.05, 3.63) is 16.4 Å². The first kappa shape index (κ1) is 14.3. The Morgan fingerprint density at radius 3 is 2.89 bits per heavy atom. The minimum Gasteiger partial charge on any atom is -0.465 e. The maximum atomic E-state index is 11.9. The molecule has 0 aromatic carbocycles. The number of aromatic nitrogens is 2. The number of rotatable bonds is 4. The molecule has 6 heteroatoms. The molecule has 0 spiro atoms. The summed E-state index contributed by atoms with van der Waals surface area (Å²) in [7, 11) is 1.83. The van der Waals surface area contributed by atoms with Crippen molar-refractivity contribution in [1.82, 2.24) is 14.7 Å². The number of hydrogen-bond acceptors (Lipinski definition) is 4. The number of carbonyl (C=O) groups is 1. The maximum absolute atomic E-state index is 11.9. The van der Waals surface area contributed by atoms with Gasteiger partial charge >= 0.3 is 5.97 Å². The molecule has 1 atom stereocenters. The lowest BCUT2D eigenvalue weighted by Crippen LogP contribution is -2.37. The van der Waals surface area contributed by atoms with E-state index in [1.807, 2.05) is 20.9 Å². The summed E-state index contributed by atoms with van der Waals surface area (Å²) in [6.45, 7) is 5.75. The third-order valence-electron chi connectivity index (χ3n) is 3.55. The Balaban J connectivity index is 2.11. The molecule has 1 aromatic heterocycles. The number of hydrogen-bond donors (Lipinski definition) is 0. The van der Waals surface area contributed by atoms with Crippen molar-refractivity contribution in [1.29, 1.82) is 0 Å². The van der Waals surface area contributed by atoms with Crippen LogP contribution in [0.15, 0.2) is 0 Å². The Morgan fingerprint density at radius 1 is 1.58 bits per heavy atom. The van der Waals surface area contributed by atoms with Gasteiger partial charge in [-0.15, -0.1) is 0 Å². The summed E-state index contributed by atoms with van der Waals surface area (Å²) in [6, 6.07) is -0.143. The number of nitrogens with zero attached hydrogens (tertiary/aromatic N) is 3. The zero-order valence-electron chi connectivity index (χ0n) is 11.6. The fraction of sp³-hybridized carbons (Fsp3) is 0.692. The van der Waals surface area contributed by atoms with Crippen LogP contribution in [0.2, 0.25) is 5.15 Å². The molecule has 0 N–H and O–H groups in total. The van der Waals surface area contributed by atoms with Crippen molar-refractivity contribution in [3.8, 4) is 0 Å². The van der Waals surface area contributed by atoms with E-state index in [1.165, 1.54) is 0 Å². The number of carbonyl (C=O) groups excluding carboxylic acids is 1. The molecule has 2 heterocycles. The Kier molecular flexibility index (Phi) is 4.47. The van der Waals surface area contributed by atoms with Crippen molar-refractivity contribution in [2.75, 3.05) is 13.2 Å². The molecule has 1 unspecified atom stereocenters. The molecular formula is C13H20ClN3O2. The van der Waals surface area contributed by atoms with Crippen molar-refractivity contribution in [2.24, 2.45) is 7.05 Å². The van der Waals surface area contributed by atoms with E-state index in [0.717, 1.165) is 30.6 Å². The minimum absolute atomic E-state index is 0.127. The summed E-state index contributed by atoms with van der Waals surface area (Å²) in [5.41, 5.74) is 1.92. The van der Waals surface area contributed by atoms with Gasteiger partial charge in [0.2, 0.25) is 0 Å². The van der Waals surface area contributed by atoms with Gasteiger partial charge in [0.05, 0.1) is 12.3 Å². The van der Waals surface area contributed by atoms with Crippen LogP contribution in [-0.4, -0.2) is 39.8 Å². The van der Waals surface area contributed by atoms with Gasteiger partial charge in [-0.1, -0.05) is 11.6 Å². The molecule has 1 saturated heterocycles. The molecule has 1 aliphatic heterocycles. The van der Waals surface area contributed by atoms with E-state index in [1.54, 1.807) is 4.68 Å². The number of aryl methyl sites for hydroxylation is 2. The second-order valence-corrected chi connectivity index (χ2v) is 5.22. The van der Waals surface area contributed by atoms with Gasteiger partial charge in [0.15, 0.2) is 0 Å². The van der Waals surface area contributed by atoms with Crippen LogP contribution in [0.5, 0.6) is 0 Å². The van der Waals surface area contributed by atoms with Gasteiger partial charge in [0, 0.05) is 19.2 Å². The number of halogens is 1. The van der Waals surface area contributed by atoms with E-state index in [2.05, 4.69) is 10.00 Å². The maximum Gasteiger partial charge on any atom is 0.323 e. The Morgan fingerprint density at radius 2 is 2.32 bits per heavy atom. The SMILES string of the molecule is CCOC(=O)C1CCCN1Cc1c(C)nn(C)c1Cl. The normalized spacial score (nSPS) is 19.9. The van der Waals surface area contributed by atoms with Gasteiger partial charge in [0.1, 0.15) is 11.2 Å². The van der Waals surface area contributed by atoms with E-state index in [0.29, 0.717) is 18.3 Å². The van der Waals surface area contributed by atoms with Crippen LogP contribution >= 0.6 is 11.6 Å². The second-order valence-electron chi connectivity index (χ2n) is 4.86. The van der Waals surface area contributed by atoms with Crippen LogP contribution in [0.3, 0.4) is 0 Å². The first-order chi connectivity index (χ1) is 9.04. The molecular weight excluding hydrogens is 266 g/mol. The summed E-state index contributed by atoms with van der Waals surface area (Å²) in [4.78, 5) is 14.0. The van der Waals surface area contributed by atoms with Gasteiger partial charge < -0.3 is 4.74 Å². The van der Waals surface area contributed by atoms with Gasteiger partial charge in [-0.2, -0.15) is 5.10 Å². The largest absolute Gasteiger partial charge is 0.465 e. The first-order valence-corrected chi connectivity index (χ1v) is 7.01. The van der Waals surface area contributed by atoms with E-state index < -0.39 is 0 Å². The van der Waals surface area contributed by atoms with Crippen molar-refractivity contribution < 1.29 is 9.53 Å². The summed E-state index contributed by atoms with van der Waals surface area (Å²) >= 11 is 6.24. The minimum atomic E-state index is -0.143. The van der Waals surface area contributed by atoms with E-state index in [9.17, 15) is 4.79 Å². The van der Waals surface area contributed by atoms with Gasteiger partial charge in [-0.25, -0.2) is 0 Å². The zero-order valence-corrected chi connectivity index (χ0v) is 12.4. The Hall–Kier alpha value is -1.07. The fourth-order valence-corrected chi connectivity index (χ4v) is 2.81. The predicted molar refractivity (Wildman–Crippen MR) is 73.0 cm³/mol. The molecule has 0 aliphatic carbocycles. The lowest BCUT2D eigenvalue weighted by molar-refractivity contribution is -0.148. The van der Waals surface area contributed by atoms with Crippen LogP contribution in [0.25, 0.3) is 0 Å². The molecule has 2 rings (SSSR count). The zero-order chi connectivity index (χ0) is 14.0. The highest BCUT2D eigenvalue weighted by Crippen LogP contribution is 2.26. The monoisotopic (exact) mass is 285 g/mol. The molecule has 1 fully saturated rings. The molecule has 5 nitrogen and oxygen atoms in total. The third-order valence-corrected chi connectivity index (χ3v) is 4.03. The van der Waals surface area contributed by atoms with Crippen LogP contribution in [-0.2, 0) is 23.1 Å². The third kappa shape index (κ3) is 2.92. The smallest absolute Gasteiger partial charge is 0.323 e. The standard InChI is InChI=1S/C13H20ClN3O2/c1-4-19-13(18)11-6-5-7-17(11)8-10-9(2)15-16(3)12(10)14/h11H,4-8H2,1-3H3. The highest BCUT2D eigenvalue weighted by Gasteiger charge is 2.32. The summed E-state index contributed by atoms with van der Waals surface area (Å²) in [6.07, 6.45) is 1.87. The molecule has 0 amide bonds. The molecule has 1 aromatic rings. The number of likely N-dealkylation sites (tertiary alicyclic amines) is 1. The van der Waals surface area contributed by atoms with Gasteiger partial charge in [-0.3, -0.25) is 14.4 Å². The summed E-state index contributed by atoms with van der Waals surface area (Å²) in [5.74, 6) is -0.127. The molecule has 0 radical (unpaired) electrons.